The van der Waals surface area contributed by atoms with Crippen molar-refractivity contribution >= 4 is 17.7 Å². The van der Waals surface area contributed by atoms with Crippen molar-refractivity contribution in [2.75, 3.05) is 12.4 Å². The number of hydrogen-bond acceptors (Lipinski definition) is 3. The van der Waals surface area contributed by atoms with Crippen LogP contribution in [0.15, 0.2) is 59.5 Å². The van der Waals surface area contributed by atoms with Crippen LogP contribution in [0, 0.1) is 0 Å². The molecule has 2 rings (SSSR count). The lowest BCUT2D eigenvalue weighted by Crippen LogP contribution is -2.00. The van der Waals surface area contributed by atoms with Crippen molar-refractivity contribution in [3.63, 3.8) is 0 Å². The molecule has 0 amide bonds. The fourth-order valence-corrected chi connectivity index (χ4v) is 2.75. The molecular formula is C17H18O3S. The van der Waals surface area contributed by atoms with Gasteiger partial charge >= 0.3 is 5.97 Å². The summed E-state index contributed by atoms with van der Waals surface area (Å²) in [6.07, 6.45) is 2.02. The van der Waals surface area contributed by atoms with Crippen LogP contribution in [0.4, 0.5) is 0 Å². The Morgan fingerprint density at radius 2 is 1.86 bits per heavy atom. The molecule has 0 aliphatic heterocycles. The van der Waals surface area contributed by atoms with Gasteiger partial charge in [0, 0.05) is 4.90 Å². The second-order valence-corrected chi connectivity index (χ2v) is 5.72. The Morgan fingerprint density at radius 1 is 1.05 bits per heavy atom. The maximum absolute atomic E-state index is 10.8. The minimum absolute atomic E-state index is 0.257. The smallest absolute Gasteiger partial charge is 0.335 e. The van der Waals surface area contributed by atoms with Gasteiger partial charge in [-0.25, -0.2) is 4.79 Å². The Hall–Kier alpha value is -1.94. The first-order valence-electron chi connectivity index (χ1n) is 6.90. The predicted molar refractivity (Wildman–Crippen MR) is 85.3 cm³/mol. The molecular weight excluding hydrogens is 284 g/mol. The van der Waals surface area contributed by atoms with E-state index in [0.29, 0.717) is 12.4 Å². The number of carbonyl (C=O) groups is 1. The van der Waals surface area contributed by atoms with Gasteiger partial charge in [0.2, 0.25) is 0 Å². The minimum Gasteiger partial charge on any atom is -0.494 e. The molecule has 0 fully saturated rings. The second kappa shape index (κ2) is 8.37. The van der Waals surface area contributed by atoms with E-state index in [1.807, 2.05) is 30.0 Å². The van der Waals surface area contributed by atoms with E-state index in [1.54, 1.807) is 24.3 Å². The summed E-state index contributed by atoms with van der Waals surface area (Å²) in [6.45, 7) is 0.610. The van der Waals surface area contributed by atoms with Crippen LogP contribution >= 0.6 is 11.8 Å². The number of hydrogen-bond donors (Lipinski definition) is 1. The third-order valence-electron chi connectivity index (χ3n) is 2.90. The lowest BCUT2D eigenvalue weighted by molar-refractivity contribution is 0.0696. The van der Waals surface area contributed by atoms with Crippen LogP contribution in [0.3, 0.4) is 0 Å². The average Bonchev–Trinajstić information content (AvgIpc) is 2.52. The first kappa shape index (κ1) is 15.4. The van der Waals surface area contributed by atoms with Gasteiger partial charge in [-0.05, 0) is 48.9 Å². The van der Waals surface area contributed by atoms with Crippen LogP contribution in [0.5, 0.6) is 5.75 Å². The van der Waals surface area contributed by atoms with Crippen molar-refractivity contribution in [3.05, 3.63) is 60.2 Å². The molecule has 0 aliphatic carbocycles. The highest BCUT2D eigenvalue weighted by Gasteiger charge is 2.03. The normalized spacial score (nSPS) is 10.3. The monoisotopic (exact) mass is 302 g/mol. The molecule has 3 nitrogen and oxygen atoms in total. The van der Waals surface area contributed by atoms with E-state index in [2.05, 4.69) is 12.1 Å². The number of carboxylic acids is 1. The molecule has 0 aliphatic rings. The topological polar surface area (TPSA) is 46.5 Å². The maximum Gasteiger partial charge on any atom is 0.335 e. The predicted octanol–water partition coefficient (Wildman–Crippen LogP) is 4.34. The highest BCUT2D eigenvalue weighted by atomic mass is 32.2. The van der Waals surface area contributed by atoms with Gasteiger partial charge in [0.05, 0.1) is 12.2 Å². The third kappa shape index (κ3) is 5.52. The second-order valence-electron chi connectivity index (χ2n) is 4.55. The van der Waals surface area contributed by atoms with Crippen molar-refractivity contribution in [3.8, 4) is 5.75 Å². The largest absolute Gasteiger partial charge is 0.494 e. The van der Waals surface area contributed by atoms with Gasteiger partial charge in [0.25, 0.3) is 0 Å². The summed E-state index contributed by atoms with van der Waals surface area (Å²) in [5, 5.41) is 8.90. The number of benzene rings is 2. The molecule has 2 aromatic carbocycles. The van der Waals surface area contributed by atoms with Crippen molar-refractivity contribution in [1.82, 2.24) is 0 Å². The molecule has 1 N–H and O–H groups in total. The molecule has 0 saturated carbocycles. The zero-order valence-corrected chi connectivity index (χ0v) is 12.5. The number of unbranched alkanes of at least 4 members (excludes halogenated alkanes) is 1. The van der Waals surface area contributed by atoms with Crippen LogP contribution in [0.1, 0.15) is 23.2 Å². The number of aromatic carboxylic acids is 1. The lowest BCUT2D eigenvalue weighted by Gasteiger charge is -2.06. The molecule has 0 atom stereocenters. The van der Waals surface area contributed by atoms with E-state index in [0.717, 1.165) is 18.6 Å². The van der Waals surface area contributed by atoms with E-state index in [9.17, 15) is 4.79 Å². The molecule has 0 saturated heterocycles. The van der Waals surface area contributed by atoms with Gasteiger partial charge < -0.3 is 9.84 Å². The SMILES string of the molecule is O=C(O)c1cccc(OCCCCSc2ccccc2)c1. The highest BCUT2D eigenvalue weighted by molar-refractivity contribution is 7.99. The van der Waals surface area contributed by atoms with Crippen molar-refractivity contribution in [1.29, 1.82) is 0 Å². The van der Waals surface area contributed by atoms with Crippen LogP contribution in [-0.4, -0.2) is 23.4 Å². The Bertz CT molecular complexity index is 569. The molecule has 110 valence electrons. The lowest BCUT2D eigenvalue weighted by atomic mass is 10.2. The standard InChI is InChI=1S/C17H18O3S/c18-17(19)14-7-6-8-15(13-14)20-11-4-5-12-21-16-9-2-1-3-10-16/h1-3,6-10,13H,4-5,11-12H2,(H,18,19). The summed E-state index contributed by atoms with van der Waals surface area (Å²) < 4.78 is 5.58. The zero-order valence-electron chi connectivity index (χ0n) is 11.7. The van der Waals surface area contributed by atoms with E-state index < -0.39 is 5.97 Å². The molecule has 4 heteroatoms. The summed E-state index contributed by atoms with van der Waals surface area (Å²) in [6, 6.07) is 16.9. The first-order valence-corrected chi connectivity index (χ1v) is 7.88. The Kier molecular flexibility index (Phi) is 6.16. The fraction of sp³-hybridized carbons (Fsp3) is 0.235. The molecule has 0 spiro atoms. The van der Waals surface area contributed by atoms with Crippen molar-refractivity contribution in [2.45, 2.75) is 17.7 Å². The zero-order chi connectivity index (χ0) is 14.9. The van der Waals surface area contributed by atoms with Gasteiger partial charge in [0.1, 0.15) is 5.75 Å². The van der Waals surface area contributed by atoms with Crippen LogP contribution in [0.25, 0.3) is 0 Å². The number of thioether (sulfide) groups is 1. The highest BCUT2D eigenvalue weighted by Crippen LogP contribution is 2.19. The van der Waals surface area contributed by atoms with Crippen LogP contribution in [0.2, 0.25) is 0 Å². The van der Waals surface area contributed by atoms with Gasteiger partial charge in [-0.1, -0.05) is 24.3 Å². The van der Waals surface area contributed by atoms with E-state index in [4.69, 9.17) is 9.84 Å². The van der Waals surface area contributed by atoms with E-state index in [1.165, 1.54) is 4.90 Å². The van der Waals surface area contributed by atoms with Crippen LogP contribution in [-0.2, 0) is 0 Å². The van der Waals surface area contributed by atoms with E-state index >= 15 is 0 Å². The summed E-state index contributed by atoms with van der Waals surface area (Å²) in [7, 11) is 0. The molecule has 0 unspecified atom stereocenters. The molecule has 0 bridgehead atoms. The quantitative estimate of drug-likeness (QED) is 0.582. The van der Waals surface area contributed by atoms with Crippen molar-refractivity contribution < 1.29 is 14.6 Å². The average molecular weight is 302 g/mol. The summed E-state index contributed by atoms with van der Waals surface area (Å²) >= 11 is 1.84. The Labute approximate surface area is 129 Å². The first-order chi connectivity index (χ1) is 10.3. The Balaban J connectivity index is 1.64. The van der Waals surface area contributed by atoms with Crippen LogP contribution < -0.4 is 4.74 Å². The molecule has 0 heterocycles. The number of rotatable bonds is 8. The van der Waals surface area contributed by atoms with Gasteiger partial charge in [-0.15, -0.1) is 11.8 Å². The van der Waals surface area contributed by atoms with Crippen molar-refractivity contribution in [2.24, 2.45) is 0 Å². The number of ether oxygens (including phenoxy) is 1. The Morgan fingerprint density at radius 3 is 2.62 bits per heavy atom. The fourth-order valence-electron chi connectivity index (χ4n) is 1.82. The third-order valence-corrected chi connectivity index (χ3v) is 4.00. The van der Waals surface area contributed by atoms with E-state index in [-0.39, 0.29) is 5.56 Å². The summed E-state index contributed by atoms with van der Waals surface area (Å²) in [5.41, 5.74) is 0.257. The maximum atomic E-state index is 10.8. The van der Waals surface area contributed by atoms with Gasteiger partial charge in [-0.3, -0.25) is 0 Å². The minimum atomic E-state index is -0.931. The molecule has 2 aromatic rings. The summed E-state index contributed by atoms with van der Waals surface area (Å²) in [4.78, 5) is 12.1. The summed E-state index contributed by atoms with van der Waals surface area (Å²) in [5.74, 6) is 0.744. The molecule has 0 radical (unpaired) electrons. The number of carboxylic acid groups (broad SMARTS) is 1. The van der Waals surface area contributed by atoms with Gasteiger partial charge in [-0.2, -0.15) is 0 Å². The molecule has 21 heavy (non-hydrogen) atoms. The molecule has 0 aromatic heterocycles. The van der Waals surface area contributed by atoms with Gasteiger partial charge in [0.15, 0.2) is 0 Å².